The fourth-order valence-corrected chi connectivity index (χ4v) is 5.00. The minimum absolute atomic E-state index is 0.112. The molecule has 4 rings (SSSR count). The molecule has 166 valence electrons. The number of rotatable bonds is 7. The monoisotopic (exact) mass is 447 g/mol. The summed E-state index contributed by atoms with van der Waals surface area (Å²) in [6.07, 6.45) is 2.00. The molecule has 1 N–H and O–H groups in total. The molecule has 3 aromatic rings. The Hall–Kier alpha value is -2.96. The van der Waals surface area contributed by atoms with Crippen molar-refractivity contribution in [3.05, 3.63) is 87.6 Å². The van der Waals surface area contributed by atoms with Crippen LogP contribution in [0, 0.1) is 0 Å². The summed E-state index contributed by atoms with van der Waals surface area (Å²) in [4.78, 5) is 30.6. The van der Waals surface area contributed by atoms with Crippen LogP contribution in [0.2, 0.25) is 0 Å². The van der Waals surface area contributed by atoms with E-state index >= 15 is 0 Å². The molecule has 5 nitrogen and oxygen atoms in total. The van der Waals surface area contributed by atoms with Gasteiger partial charge in [-0.15, -0.1) is 11.3 Å². The Morgan fingerprint density at radius 1 is 1.06 bits per heavy atom. The lowest BCUT2D eigenvalue weighted by atomic mass is 9.98. The molecule has 0 saturated heterocycles. The zero-order chi connectivity index (χ0) is 22.5. The van der Waals surface area contributed by atoms with E-state index in [4.69, 9.17) is 0 Å². The van der Waals surface area contributed by atoms with Crippen LogP contribution < -0.4 is 10.2 Å². The van der Waals surface area contributed by atoms with Gasteiger partial charge in [-0.3, -0.25) is 14.5 Å². The zero-order valence-corrected chi connectivity index (χ0v) is 19.4. The summed E-state index contributed by atoms with van der Waals surface area (Å²) in [5, 5.41) is 5.00. The van der Waals surface area contributed by atoms with Gasteiger partial charge in [-0.05, 0) is 47.5 Å². The fourth-order valence-electron chi connectivity index (χ4n) is 4.30. The van der Waals surface area contributed by atoms with Gasteiger partial charge in [0.25, 0.3) is 11.8 Å². The molecule has 6 heteroatoms. The van der Waals surface area contributed by atoms with E-state index in [1.807, 2.05) is 29.6 Å². The number of nitrogens with one attached hydrogen (secondary N) is 1. The largest absolute Gasteiger partial charge is 0.350 e. The SMILES string of the molecule is CCC(CNC(=O)c1ccccc1N(C)C(=O)c1cccs1)N1CCc2ccccc2C1. The van der Waals surface area contributed by atoms with Crippen molar-refractivity contribution in [2.24, 2.45) is 0 Å². The number of hydrogen-bond donors (Lipinski definition) is 1. The predicted octanol–water partition coefficient (Wildman–Crippen LogP) is 4.59. The molecule has 2 amide bonds. The van der Waals surface area contributed by atoms with Gasteiger partial charge in [0.2, 0.25) is 0 Å². The molecule has 0 saturated carbocycles. The van der Waals surface area contributed by atoms with Crippen LogP contribution in [0.25, 0.3) is 0 Å². The van der Waals surface area contributed by atoms with Crippen molar-refractivity contribution in [3.63, 3.8) is 0 Å². The van der Waals surface area contributed by atoms with E-state index < -0.39 is 0 Å². The summed E-state index contributed by atoms with van der Waals surface area (Å²) in [7, 11) is 1.72. The standard InChI is InChI=1S/C26H29N3O2S/c1-3-21(29-15-14-19-9-4-5-10-20(19)18-29)17-27-25(30)22-11-6-7-12-23(22)28(2)26(31)24-13-8-16-32-24/h4-13,16,21H,3,14-15,17-18H2,1-2H3,(H,27,30). The van der Waals surface area contributed by atoms with Crippen molar-refractivity contribution in [2.75, 3.05) is 25.0 Å². The number of amides is 2. The molecular formula is C26H29N3O2S. The number of carbonyl (C=O) groups excluding carboxylic acids is 2. The zero-order valence-electron chi connectivity index (χ0n) is 18.6. The number of anilines is 1. The summed E-state index contributed by atoms with van der Waals surface area (Å²) >= 11 is 1.40. The van der Waals surface area contributed by atoms with Crippen molar-refractivity contribution in [3.8, 4) is 0 Å². The van der Waals surface area contributed by atoms with Gasteiger partial charge in [-0.2, -0.15) is 0 Å². The van der Waals surface area contributed by atoms with Gasteiger partial charge < -0.3 is 10.2 Å². The van der Waals surface area contributed by atoms with E-state index in [0.29, 0.717) is 22.7 Å². The van der Waals surface area contributed by atoms with Crippen molar-refractivity contribution >= 4 is 28.8 Å². The molecule has 0 spiro atoms. The third kappa shape index (κ3) is 4.76. The first-order chi connectivity index (χ1) is 15.6. The lowest BCUT2D eigenvalue weighted by Crippen LogP contribution is -2.45. The number of nitrogens with zero attached hydrogens (tertiary/aromatic N) is 2. The Balaban J connectivity index is 1.43. The average molecular weight is 448 g/mol. The maximum Gasteiger partial charge on any atom is 0.268 e. The minimum atomic E-state index is -0.151. The number of thiophene rings is 1. The third-order valence-corrected chi connectivity index (χ3v) is 7.05. The third-order valence-electron chi connectivity index (χ3n) is 6.19. The molecule has 2 heterocycles. The second-order valence-electron chi connectivity index (χ2n) is 8.12. The molecule has 0 fully saturated rings. The highest BCUT2D eigenvalue weighted by Gasteiger charge is 2.24. The topological polar surface area (TPSA) is 52.7 Å². The highest BCUT2D eigenvalue weighted by Crippen LogP contribution is 2.24. The minimum Gasteiger partial charge on any atom is -0.350 e. The number of carbonyl (C=O) groups is 2. The number of hydrogen-bond acceptors (Lipinski definition) is 4. The summed E-state index contributed by atoms with van der Waals surface area (Å²) < 4.78 is 0. The van der Waals surface area contributed by atoms with Gasteiger partial charge in [0.15, 0.2) is 0 Å². The fraction of sp³-hybridized carbons (Fsp3) is 0.308. The molecule has 2 aromatic carbocycles. The lowest BCUT2D eigenvalue weighted by molar-refractivity contribution is 0.0927. The summed E-state index contributed by atoms with van der Waals surface area (Å²) in [6.45, 7) is 4.66. The molecule has 0 radical (unpaired) electrons. The van der Waals surface area contributed by atoms with E-state index in [1.165, 1.54) is 22.5 Å². The molecule has 0 aliphatic carbocycles. The highest BCUT2D eigenvalue weighted by molar-refractivity contribution is 7.12. The smallest absolute Gasteiger partial charge is 0.268 e. The van der Waals surface area contributed by atoms with Crippen LogP contribution in [-0.2, 0) is 13.0 Å². The molecule has 1 aliphatic heterocycles. The van der Waals surface area contributed by atoms with Crippen molar-refractivity contribution < 1.29 is 9.59 Å². The van der Waals surface area contributed by atoms with Crippen LogP contribution in [0.1, 0.15) is 44.5 Å². The lowest BCUT2D eigenvalue weighted by Gasteiger charge is -2.35. The van der Waals surface area contributed by atoms with Crippen LogP contribution >= 0.6 is 11.3 Å². The molecule has 32 heavy (non-hydrogen) atoms. The Morgan fingerprint density at radius 2 is 1.81 bits per heavy atom. The van der Waals surface area contributed by atoms with Crippen molar-refractivity contribution in [1.29, 1.82) is 0 Å². The molecular weight excluding hydrogens is 418 g/mol. The van der Waals surface area contributed by atoms with Crippen LogP contribution in [0.4, 0.5) is 5.69 Å². The molecule has 1 aliphatic rings. The summed E-state index contributed by atoms with van der Waals surface area (Å²) in [5.74, 6) is -0.263. The maximum atomic E-state index is 13.1. The second-order valence-corrected chi connectivity index (χ2v) is 9.07. The van der Waals surface area contributed by atoms with E-state index in [-0.39, 0.29) is 17.9 Å². The number of para-hydroxylation sites is 1. The van der Waals surface area contributed by atoms with E-state index in [0.717, 1.165) is 25.9 Å². The van der Waals surface area contributed by atoms with Gasteiger partial charge in [0, 0.05) is 32.7 Å². The quantitative estimate of drug-likeness (QED) is 0.576. The van der Waals surface area contributed by atoms with Gasteiger partial charge in [0.05, 0.1) is 16.1 Å². The van der Waals surface area contributed by atoms with E-state index in [2.05, 4.69) is 41.4 Å². The first-order valence-corrected chi connectivity index (χ1v) is 12.0. The second kappa shape index (κ2) is 10.1. The normalized spacial score (nSPS) is 14.4. The number of fused-ring (bicyclic) bond motifs is 1. The summed E-state index contributed by atoms with van der Waals surface area (Å²) in [5.41, 5.74) is 3.93. The van der Waals surface area contributed by atoms with Gasteiger partial charge in [-0.1, -0.05) is 49.4 Å². The molecule has 0 bridgehead atoms. The van der Waals surface area contributed by atoms with Crippen molar-refractivity contribution in [1.82, 2.24) is 10.2 Å². The van der Waals surface area contributed by atoms with Crippen molar-refractivity contribution in [2.45, 2.75) is 32.4 Å². The van der Waals surface area contributed by atoms with Crippen LogP contribution in [-0.4, -0.2) is 42.9 Å². The predicted molar refractivity (Wildman–Crippen MR) is 130 cm³/mol. The van der Waals surface area contributed by atoms with Crippen LogP contribution in [0.3, 0.4) is 0 Å². The van der Waals surface area contributed by atoms with Gasteiger partial charge in [-0.25, -0.2) is 0 Å². The van der Waals surface area contributed by atoms with Crippen LogP contribution in [0.5, 0.6) is 0 Å². The average Bonchev–Trinajstić information content (AvgIpc) is 3.38. The molecule has 1 aromatic heterocycles. The number of benzene rings is 2. The van der Waals surface area contributed by atoms with Gasteiger partial charge >= 0.3 is 0 Å². The molecule has 1 atom stereocenters. The Labute approximate surface area is 193 Å². The summed E-state index contributed by atoms with van der Waals surface area (Å²) in [6, 6.07) is 19.8. The molecule has 1 unspecified atom stereocenters. The van der Waals surface area contributed by atoms with E-state index in [9.17, 15) is 9.59 Å². The van der Waals surface area contributed by atoms with Crippen LogP contribution in [0.15, 0.2) is 66.0 Å². The Kier molecular flexibility index (Phi) is 7.02. The highest BCUT2D eigenvalue weighted by atomic mass is 32.1. The Bertz CT molecular complexity index is 1080. The van der Waals surface area contributed by atoms with Gasteiger partial charge in [0.1, 0.15) is 0 Å². The maximum absolute atomic E-state index is 13.1. The first kappa shape index (κ1) is 22.2. The Morgan fingerprint density at radius 3 is 2.56 bits per heavy atom. The first-order valence-electron chi connectivity index (χ1n) is 11.1. The van der Waals surface area contributed by atoms with E-state index in [1.54, 1.807) is 24.1 Å².